The number of hydrogen-bond acceptors (Lipinski definition) is 2. The number of benzene rings is 1. The third-order valence-electron chi connectivity index (χ3n) is 1.75. The summed E-state index contributed by atoms with van der Waals surface area (Å²) in [6.07, 6.45) is 3.16. The molecule has 1 rings (SSSR count). The van der Waals surface area contributed by atoms with Gasteiger partial charge in [0.2, 0.25) is 0 Å². The monoisotopic (exact) mass is 210 g/mol. The first-order valence-electron chi connectivity index (χ1n) is 4.19. The molecule has 0 atom stereocenters. The Hall–Kier alpha value is -1.28. The van der Waals surface area contributed by atoms with Gasteiger partial charge in [-0.1, -0.05) is 17.7 Å². The smallest absolute Gasteiger partial charge is 0.189 e. The van der Waals surface area contributed by atoms with Crippen molar-refractivity contribution in [1.82, 2.24) is 0 Å². The molecule has 2 nitrogen and oxygen atoms in total. The minimum atomic E-state index is -0.105. The fourth-order valence-electron chi connectivity index (χ4n) is 1.11. The molecule has 0 saturated heterocycles. The summed E-state index contributed by atoms with van der Waals surface area (Å²) in [5, 5.41) is 0.527. The molecule has 1 aromatic carbocycles. The Morgan fingerprint density at radius 1 is 1.50 bits per heavy atom. The minimum absolute atomic E-state index is 0.105. The Labute approximate surface area is 88.1 Å². The highest BCUT2D eigenvalue weighted by atomic mass is 35.5. The molecule has 0 heterocycles. The number of halogens is 1. The van der Waals surface area contributed by atoms with Crippen LogP contribution in [-0.4, -0.2) is 12.9 Å². The molecule has 0 aromatic heterocycles. The van der Waals surface area contributed by atoms with Gasteiger partial charge in [-0.15, -0.1) is 0 Å². The number of allylic oxidation sites excluding steroid dienone is 2. The third kappa shape index (κ3) is 2.36. The maximum atomic E-state index is 11.6. The number of rotatable bonds is 3. The average molecular weight is 211 g/mol. The molecule has 0 radical (unpaired) electrons. The highest BCUT2D eigenvalue weighted by molar-refractivity contribution is 6.31. The number of hydrogen-bond donors (Lipinski definition) is 0. The zero-order chi connectivity index (χ0) is 10.6. The van der Waals surface area contributed by atoms with E-state index in [2.05, 4.69) is 0 Å². The average Bonchev–Trinajstić information content (AvgIpc) is 2.18. The van der Waals surface area contributed by atoms with Crippen LogP contribution in [0.25, 0.3) is 0 Å². The van der Waals surface area contributed by atoms with E-state index in [9.17, 15) is 4.79 Å². The molecule has 0 amide bonds. The summed E-state index contributed by atoms with van der Waals surface area (Å²) in [5.74, 6) is 0.435. The second kappa shape index (κ2) is 4.82. The number of ketones is 1. The zero-order valence-corrected chi connectivity index (χ0v) is 8.84. The first-order chi connectivity index (χ1) is 6.69. The van der Waals surface area contributed by atoms with Crippen LogP contribution in [0.4, 0.5) is 0 Å². The van der Waals surface area contributed by atoms with Crippen molar-refractivity contribution in [3.63, 3.8) is 0 Å². The van der Waals surface area contributed by atoms with E-state index in [1.165, 1.54) is 13.2 Å². The van der Waals surface area contributed by atoms with Crippen molar-refractivity contribution in [2.45, 2.75) is 6.92 Å². The van der Waals surface area contributed by atoms with Gasteiger partial charge in [0.15, 0.2) is 5.78 Å². The summed E-state index contributed by atoms with van der Waals surface area (Å²) in [7, 11) is 1.52. The Morgan fingerprint density at radius 3 is 2.79 bits per heavy atom. The molecule has 0 bridgehead atoms. The lowest BCUT2D eigenvalue weighted by atomic mass is 10.1. The van der Waals surface area contributed by atoms with Gasteiger partial charge in [-0.2, -0.15) is 0 Å². The summed E-state index contributed by atoms with van der Waals surface area (Å²) in [6, 6.07) is 4.97. The lowest BCUT2D eigenvalue weighted by molar-refractivity contribution is 0.104. The Balaban J connectivity index is 3.16. The van der Waals surface area contributed by atoms with E-state index < -0.39 is 0 Å². The van der Waals surface area contributed by atoms with Crippen LogP contribution in [0.3, 0.4) is 0 Å². The van der Waals surface area contributed by atoms with E-state index in [1.54, 1.807) is 31.2 Å². The van der Waals surface area contributed by atoms with Gasteiger partial charge in [0, 0.05) is 5.02 Å². The first kappa shape index (κ1) is 10.8. The van der Waals surface area contributed by atoms with E-state index in [-0.39, 0.29) is 5.78 Å². The molecule has 0 aliphatic rings. The largest absolute Gasteiger partial charge is 0.496 e. The summed E-state index contributed by atoms with van der Waals surface area (Å²) >= 11 is 5.79. The first-order valence-corrected chi connectivity index (χ1v) is 4.57. The highest BCUT2D eigenvalue weighted by Gasteiger charge is 2.09. The van der Waals surface area contributed by atoms with Crippen molar-refractivity contribution >= 4 is 17.4 Å². The SMILES string of the molecule is C/C=C/C(=O)c1cc(Cl)ccc1OC. The van der Waals surface area contributed by atoms with Gasteiger partial charge >= 0.3 is 0 Å². The van der Waals surface area contributed by atoms with E-state index in [1.807, 2.05) is 0 Å². The predicted octanol–water partition coefficient (Wildman–Crippen LogP) is 3.11. The zero-order valence-electron chi connectivity index (χ0n) is 8.08. The maximum Gasteiger partial charge on any atom is 0.189 e. The standard InChI is InChI=1S/C11H11ClO2/c1-3-4-10(13)9-7-8(12)5-6-11(9)14-2/h3-7H,1-2H3/b4-3+. The molecule has 0 fully saturated rings. The van der Waals surface area contributed by atoms with Crippen molar-refractivity contribution in [3.05, 3.63) is 40.9 Å². The molecule has 1 aromatic rings. The highest BCUT2D eigenvalue weighted by Crippen LogP contribution is 2.23. The van der Waals surface area contributed by atoms with Crippen molar-refractivity contribution in [2.75, 3.05) is 7.11 Å². The van der Waals surface area contributed by atoms with E-state index in [0.717, 1.165) is 0 Å². The molecule has 3 heteroatoms. The lowest BCUT2D eigenvalue weighted by Crippen LogP contribution is -1.98. The Bertz CT molecular complexity index is 370. The lowest BCUT2D eigenvalue weighted by Gasteiger charge is -2.05. The van der Waals surface area contributed by atoms with Gasteiger partial charge < -0.3 is 4.74 Å². The molecule has 0 saturated carbocycles. The topological polar surface area (TPSA) is 26.3 Å². The summed E-state index contributed by atoms with van der Waals surface area (Å²) in [4.78, 5) is 11.6. The van der Waals surface area contributed by atoms with Gasteiger partial charge in [0.05, 0.1) is 12.7 Å². The van der Waals surface area contributed by atoms with E-state index in [0.29, 0.717) is 16.3 Å². The van der Waals surface area contributed by atoms with Crippen molar-refractivity contribution in [1.29, 1.82) is 0 Å². The summed E-state index contributed by atoms with van der Waals surface area (Å²) < 4.78 is 5.05. The third-order valence-corrected chi connectivity index (χ3v) is 1.98. The molecular formula is C11H11ClO2. The number of carbonyl (C=O) groups is 1. The normalized spacial score (nSPS) is 10.5. The van der Waals surface area contributed by atoms with Crippen molar-refractivity contribution in [2.24, 2.45) is 0 Å². The second-order valence-corrected chi connectivity index (χ2v) is 3.15. The van der Waals surface area contributed by atoms with E-state index in [4.69, 9.17) is 16.3 Å². The molecule has 14 heavy (non-hydrogen) atoms. The van der Waals surface area contributed by atoms with Gasteiger partial charge in [0.25, 0.3) is 0 Å². The van der Waals surface area contributed by atoms with Gasteiger partial charge in [-0.3, -0.25) is 4.79 Å². The minimum Gasteiger partial charge on any atom is -0.496 e. The number of ether oxygens (including phenoxy) is 1. The summed E-state index contributed by atoms with van der Waals surface area (Å²) in [6.45, 7) is 1.79. The molecule has 0 aliphatic heterocycles. The second-order valence-electron chi connectivity index (χ2n) is 2.71. The molecule has 0 N–H and O–H groups in total. The van der Waals surface area contributed by atoms with Crippen LogP contribution < -0.4 is 4.74 Å². The van der Waals surface area contributed by atoms with Crippen LogP contribution in [0.1, 0.15) is 17.3 Å². The molecular weight excluding hydrogens is 200 g/mol. The van der Waals surface area contributed by atoms with Crippen LogP contribution in [-0.2, 0) is 0 Å². The van der Waals surface area contributed by atoms with Gasteiger partial charge in [0.1, 0.15) is 5.75 Å². The number of methoxy groups -OCH3 is 1. The molecule has 74 valence electrons. The van der Waals surface area contributed by atoms with Gasteiger partial charge in [-0.05, 0) is 31.2 Å². The fourth-order valence-corrected chi connectivity index (χ4v) is 1.29. The van der Waals surface area contributed by atoms with Crippen LogP contribution in [0.15, 0.2) is 30.4 Å². The maximum absolute atomic E-state index is 11.6. The van der Waals surface area contributed by atoms with Crippen LogP contribution >= 0.6 is 11.6 Å². The van der Waals surface area contributed by atoms with Crippen LogP contribution in [0.2, 0.25) is 5.02 Å². The number of carbonyl (C=O) groups excluding carboxylic acids is 1. The Kier molecular flexibility index (Phi) is 3.72. The van der Waals surface area contributed by atoms with E-state index >= 15 is 0 Å². The van der Waals surface area contributed by atoms with Crippen molar-refractivity contribution < 1.29 is 9.53 Å². The molecule has 0 aliphatic carbocycles. The predicted molar refractivity (Wildman–Crippen MR) is 57.1 cm³/mol. The van der Waals surface area contributed by atoms with Gasteiger partial charge in [-0.25, -0.2) is 0 Å². The Morgan fingerprint density at radius 2 is 2.21 bits per heavy atom. The van der Waals surface area contributed by atoms with Crippen LogP contribution in [0, 0.1) is 0 Å². The van der Waals surface area contributed by atoms with Crippen molar-refractivity contribution in [3.8, 4) is 5.75 Å². The molecule has 0 unspecified atom stereocenters. The molecule has 0 spiro atoms. The summed E-state index contributed by atoms with van der Waals surface area (Å²) in [5.41, 5.74) is 0.484. The van der Waals surface area contributed by atoms with Crippen LogP contribution in [0.5, 0.6) is 5.75 Å². The quantitative estimate of drug-likeness (QED) is 0.566. The fraction of sp³-hybridized carbons (Fsp3) is 0.182.